The first-order valence-corrected chi connectivity index (χ1v) is 23.3. The summed E-state index contributed by atoms with van der Waals surface area (Å²) in [6.07, 6.45) is 14.3. The monoisotopic (exact) mass is 927 g/mol. The van der Waals surface area contributed by atoms with Crippen molar-refractivity contribution in [2.24, 2.45) is 12.8 Å². The fourth-order valence-electron chi connectivity index (χ4n) is 9.45. The number of likely N-dealkylation sites (tertiary alicyclic amines) is 1. The number of primary amides is 1. The minimum atomic E-state index is -1.30. The number of pyridine rings is 1. The number of nitrogens with zero attached hydrogens (tertiary/aromatic N) is 5. The van der Waals surface area contributed by atoms with E-state index in [4.69, 9.17) is 31.6 Å². The first-order valence-electron chi connectivity index (χ1n) is 23.3. The molecular formula is C50H61N11O7. The van der Waals surface area contributed by atoms with Crippen LogP contribution in [0.25, 0.3) is 32.9 Å². The van der Waals surface area contributed by atoms with Gasteiger partial charge in [-0.3, -0.25) is 24.0 Å². The van der Waals surface area contributed by atoms with Gasteiger partial charge in [0, 0.05) is 80.5 Å². The number of rotatable bonds is 19. The highest BCUT2D eigenvalue weighted by Crippen LogP contribution is 2.44. The molecule has 0 spiro atoms. The maximum Gasteiger partial charge on any atom is 0.274 e. The van der Waals surface area contributed by atoms with Crippen molar-refractivity contribution in [3.05, 3.63) is 88.6 Å². The van der Waals surface area contributed by atoms with E-state index in [1.807, 2.05) is 54.7 Å². The van der Waals surface area contributed by atoms with E-state index in [2.05, 4.69) is 55.0 Å². The quantitative estimate of drug-likeness (QED) is 0.0399. The number of carbonyl (C=O) groups is 4. The van der Waals surface area contributed by atoms with Gasteiger partial charge in [-0.15, -0.1) is 6.42 Å². The summed E-state index contributed by atoms with van der Waals surface area (Å²) in [5, 5.41) is 12.6. The third-order valence-electron chi connectivity index (χ3n) is 13.4. The Morgan fingerprint density at radius 3 is 2.44 bits per heavy atom. The Balaban J connectivity index is 1.11. The molecule has 8 rings (SSSR count). The molecular weight excluding hydrogens is 867 g/mol. The lowest BCUT2D eigenvalue weighted by atomic mass is 9.87. The van der Waals surface area contributed by atoms with Gasteiger partial charge in [0.2, 0.25) is 29.6 Å². The molecule has 3 fully saturated rings. The van der Waals surface area contributed by atoms with Crippen molar-refractivity contribution in [1.82, 2.24) is 45.7 Å². The number of benzene rings is 2. The Labute approximate surface area is 395 Å². The molecule has 2 aromatic carbocycles. The van der Waals surface area contributed by atoms with Gasteiger partial charge in [-0.05, 0) is 74.8 Å². The van der Waals surface area contributed by atoms with Crippen LogP contribution in [0.2, 0.25) is 0 Å². The number of piperidine rings is 2. The molecule has 5 heterocycles. The smallest absolute Gasteiger partial charge is 0.274 e. The van der Waals surface area contributed by atoms with Gasteiger partial charge in [-0.25, -0.2) is 9.97 Å². The van der Waals surface area contributed by atoms with Gasteiger partial charge >= 0.3 is 0 Å². The number of nitrogens with two attached hydrogens (primary N) is 1. The molecule has 18 nitrogen and oxygen atoms in total. The first-order chi connectivity index (χ1) is 32.8. The van der Waals surface area contributed by atoms with Crippen LogP contribution >= 0.6 is 0 Å². The molecule has 1 saturated carbocycles. The lowest BCUT2D eigenvalue weighted by molar-refractivity contribution is -0.132. The number of anilines is 1. The number of ether oxygens (including phenoxy) is 2. The average Bonchev–Trinajstić information content (AvgIpc) is 4.02. The summed E-state index contributed by atoms with van der Waals surface area (Å²) in [5.74, 6) is 0.689. The number of nitrogens with one attached hydrogen (secondary N) is 5. The van der Waals surface area contributed by atoms with Crippen molar-refractivity contribution in [3.8, 4) is 23.5 Å². The molecule has 4 amide bonds. The van der Waals surface area contributed by atoms with Crippen LogP contribution < -0.4 is 37.5 Å². The van der Waals surface area contributed by atoms with Crippen LogP contribution in [0.4, 0.5) is 5.95 Å². The molecule has 358 valence electrons. The topological polar surface area (TPSA) is 231 Å². The van der Waals surface area contributed by atoms with E-state index in [9.17, 15) is 24.0 Å². The first kappa shape index (κ1) is 47.8. The molecule has 68 heavy (non-hydrogen) atoms. The standard InChI is InChI=1S/C50H61N11O7/c1-5-20-55-49(3)18-24-60(25-19-49)35-16-22-61(23-17-35)48-57-40-14-11-33(39-29-59(4)47(66)44-37(39)15-21-52-44)26-38(40)45(58-48)50(68-36-12-13-36,34-9-7-6-8-10-34)30-67-31-54-43(64)28-53-46(65)41(27-42(51)63)56-32(2)62/h1,6-11,14-15,21,26,29,35-36,41,52,55H,12-13,16-20,22-25,27-28,30-31H2,2-4H3,(H2,51,63)(H,53,65)(H,54,64)(H,56,62)/t41-,50-/m0/s1. The van der Waals surface area contributed by atoms with Crippen molar-refractivity contribution in [2.75, 3.05) is 57.5 Å². The van der Waals surface area contributed by atoms with E-state index in [0.29, 0.717) is 35.3 Å². The number of aryl methyl sites for hydroxylation is 1. The largest absolute Gasteiger partial charge is 0.370 e. The number of terminal acetylenes is 1. The molecule has 2 aliphatic heterocycles. The van der Waals surface area contributed by atoms with Crippen molar-refractivity contribution in [2.45, 2.75) is 88.1 Å². The van der Waals surface area contributed by atoms with Crippen LogP contribution in [0.15, 0.2) is 71.8 Å². The summed E-state index contributed by atoms with van der Waals surface area (Å²) < 4.78 is 15.1. The molecule has 5 aromatic rings. The van der Waals surface area contributed by atoms with Crippen molar-refractivity contribution >= 4 is 51.4 Å². The van der Waals surface area contributed by atoms with Gasteiger partial charge in [0.15, 0.2) is 5.60 Å². The maximum absolute atomic E-state index is 13.1. The summed E-state index contributed by atoms with van der Waals surface area (Å²) in [7, 11) is 1.73. The van der Waals surface area contributed by atoms with Crippen LogP contribution in [0.3, 0.4) is 0 Å². The zero-order valence-electron chi connectivity index (χ0n) is 38.9. The maximum atomic E-state index is 13.1. The van der Waals surface area contributed by atoms with Gasteiger partial charge in [-0.1, -0.05) is 42.3 Å². The highest BCUT2D eigenvalue weighted by molar-refractivity contribution is 5.97. The van der Waals surface area contributed by atoms with Crippen molar-refractivity contribution in [1.29, 1.82) is 0 Å². The zero-order chi connectivity index (χ0) is 48.0. The van der Waals surface area contributed by atoms with Crippen molar-refractivity contribution in [3.63, 3.8) is 0 Å². The predicted octanol–water partition coefficient (Wildman–Crippen LogP) is 2.53. The number of carbonyl (C=O) groups excluding carboxylic acids is 4. The minimum absolute atomic E-state index is 0.0396. The second-order valence-corrected chi connectivity index (χ2v) is 18.4. The molecule has 0 unspecified atom stereocenters. The van der Waals surface area contributed by atoms with Crippen LogP contribution in [0.1, 0.15) is 70.1 Å². The van der Waals surface area contributed by atoms with Gasteiger partial charge in [0.05, 0.1) is 43.4 Å². The van der Waals surface area contributed by atoms with Gasteiger partial charge in [0.25, 0.3) is 5.56 Å². The van der Waals surface area contributed by atoms with Crippen LogP contribution in [-0.2, 0) is 41.3 Å². The third kappa shape index (κ3) is 10.9. The Morgan fingerprint density at radius 2 is 1.75 bits per heavy atom. The second-order valence-electron chi connectivity index (χ2n) is 18.4. The lowest BCUT2D eigenvalue weighted by Crippen LogP contribution is -2.55. The van der Waals surface area contributed by atoms with Crippen molar-refractivity contribution < 1.29 is 28.7 Å². The Bertz CT molecular complexity index is 2730. The molecule has 18 heteroatoms. The summed E-state index contributed by atoms with van der Waals surface area (Å²) >= 11 is 0. The Morgan fingerprint density at radius 1 is 1.00 bits per heavy atom. The number of hydrogen-bond acceptors (Lipinski definition) is 12. The highest BCUT2D eigenvalue weighted by atomic mass is 16.6. The molecule has 1 aliphatic carbocycles. The van der Waals surface area contributed by atoms with Gasteiger partial charge < -0.3 is 55.8 Å². The number of aromatic nitrogens is 4. The van der Waals surface area contributed by atoms with Crippen LogP contribution in [0.5, 0.6) is 0 Å². The summed E-state index contributed by atoms with van der Waals surface area (Å²) in [6, 6.07) is 17.0. The second kappa shape index (κ2) is 20.7. The molecule has 0 radical (unpaired) electrons. The third-order valence-corrected chi connectivity index (χ3v) is 13.4. The zero-order valence-corrected chi connectivity index (χ0v) is 38.9. The van der Waals surface area contributed by atoms with E-state index >= 15 is 0 Å². The molecule has 3 aliphatic rings. The average molecular weight is 928 g/mol. The number of amides is 4. The lowest BCUT2D eigenvalue weighted by Gasteiger charge is -2.45. The fraction of sp³-hybridized carbons (Fsp3) is 0.460. The SMILES string of the molecule is C#CCNC1(C)CCN(C2CCN(c3nc([C@@](COCNC(=O)CNC(=O)[C@H](CC(N)=O)NC(C)=O)(OC4CC4)c4ccccc4)c4cc(-c5cn(C)c(=O)c6[nH]ccc56)ccc4n3)CC2)CC1. The normalized spacial score (nSPS) is 17.8. The number of aromatic amines is 1. The van der Waals surface area contributed by atoms with Crippen LogP contribution in [0, 0.1) is 12.3 Å². The molecule has 2 saturated heterocycles. The van der Waals surface area contributed by atoms with E-state index in [-0.39, 0.29) is 30.5 Å². The number of hydrogen-bond donors (Lipinski definition) is 6. The molecule has 7 N–H and O–H groups in total. The Kier molecular flexibility index (Phi) is 14.6. The van der Waals surface area contributed by atoms with E-state index in [1.165, 1.54) is 6.92 Å². The number of fused-ring (bicyclic) bond motifs is 2. The molecule has 2 atom stereocenters. The van der Waals surface area contributed by atoms with Gasteiger partial charge in [0.1, 0.15) is 18.3 Å². The van der Waals surface area contributed by atoms with E-state index < -0.39 is 48.2 Å². The van der Waals surface area contributed by atoms with Crippen LogP contribution in [-0.4, -0.2) is 124 Å². The fourth-order valence-corrected chi connectivity index (χ4v) is 9.45. The Hall–Kier alpha value is -6.65. The molecule has 0 bridgehead atoms. The summed E-state index contributed by atoms with van der Waals surface area (Å²) in [6.45, 7) is 6.82. The summed E-state index contributed by atoms with van der Waals surface area (Å²) in [5.41, 5.74) is 8.19. The van der Waals surface area contributed by atoms with E-state index in [0.717, 1.165) is 92.2 Å². The highest BCUT2D eigenvalue weighted by Gasteiger charge is 2.45. The number of H-pyrrole nitrogens is 1. The van der Waals surface area contributed by atoms with Gasteiger partial charge in [-0.2, -0.15) is 0 Å². The minimum Gasteiger partial charge on any atom is -0.370 e. The van der Waals surface area contributed by atoms with E-state index in [1.54, 1.807) is 17.8 Å². The summed E-state index contributed by atoms with van der Waals surface area (Å²) in [4.78, 5) is 80.9. The predicted molar refractivity (Wildman–Crippen MR) is 258 cm³/mol. The molecule has 3 aromatic heterocycles.